The lowest BCUT2D eigenvalue weighted by molar-refractivity contribution is -0.0969. The van der Waals surface area contributed by atoms with Gasteiger partial charge in [0, 0.05) is 37.1 Å². The average molecular weight is 285 g/mol. The minimum absolute atomic E-state index is 0.383. The van der Waals surface area contributed by atoms with Gasteiger partial charge in [0.05, 0.1) is 11.3 Å². The van der Waals surface area contributed by atoms with Gasteiger partial charge in [-0.2, -0.15) is 0 Å². The monoisotopic (exact) mass is 285 g/mol. The SMILES string of the molecule is O[C@]12CCCC[C@H]1CN(Cc1ccc3cc[nH]c3n1)CC2. The zero-order valence-corrected chi connectivity index (χ0v) is 12.4. The normalized spacial score (nSPS) is 30.4. The third kappa shape index (κ3) is 2.47. The Morgan fingerprint density at radius 2 is 2.24 bits per heavy atom. The predicted octanol–water partition coefficient (Wildman–Crippen LogP) is 2.69. The molecule has 2 N–H and O–H groups in total. The summed E-state index contributed by atoms with van der Waals surface area (Å²) in [6.07, 6.45) is 7.49. The molecular formula is C17H23N3O. The molecule has 3 heterocycles. The van der Waals surface area contributed by atoms with E-state index < -0.39 is 0 Å². The first-order valence-corrected chi connectivity index (χ1v) is 8.11. The molecule has 1 aliphatic carbocycles. The van der Waals surface area contributed by atoms with Crippen LogP contribution in [0.3, 0.4) is 0 Å². The van der Waals surface area contributed by atoms with Gasteiger partial charge in [0.2, 0.25) is 0 Å². The van der Waals surface area contributed by atoms with Crippen LogP contribution in [0.25, 0.3) is 11.0 Å². The van der Waals surface area contributed by atoms with Crippen molar-refractivity contribution in [2.45, 2.75) is 44.2 Å². The Kier molecular flexibility index (Phi) is 3.23. The Balaban J connectivity index is 1.47. The van der Waals surface area contributed by atoms with Gasteiger partial charge in [0.1, 0.15) is 5.65 Å². The van der Waals surface area contributed by atoms with Gasteiger partial charge >= 0.3 is 0 Å². The largest absolute Gasteiger partial charge is 0.390 e. The molecule has 2 aromatic rings. The number of hydrogen-bond acceptors (Lipinski definition) is 3. The average Bonchev–Trinajstić information content (AvgIpc) is 2.95. The van der Waals surface area contributed by atoms with Crippen LogP contribution in [-0.4, -0.2) is 38.7 Å². The van der Waals surface area contributed by atoms with Crippen molar-refractivity contribution in [1.29, 1.82) is 0 Å². The summed E-state index contributed by atoms with van der Waals surface area (Å²) in [7, 11) is 0. The van der Waals surface area contributed by atoms with Crippen LogP contribution in [0.2, 0.25) is 0 Å². The summed E-state index contributed by atoms with van der Waals surface area (Å²) in [5, 5.41) is 11.9. The zero-order valence-electron chi connectivity index (χ0n) is 12.4. The van der Waals surface area contributed by atoms with Crippen molar-refractivity contribution in [3.63, 3.8) is 0 Å². The van der Waals surface area contributed by atoms with E-state index in [1.54, 1.807) is 0 Å². The molecule has 2 atom stereocenters. The molecule has 4 heteroatoms. The first kappa shape index (κ1) is 13.3. The fourth-order valence-electron chi connectivity index (χ4n) is 4.07. The van der Waals surface area contributed by atoms with E-state index in [9.17, 15) is 5.11 Å². The van der Waals surface area contributed by atoms with Crippen molar-refractivity contribution in [1.82, 2.24) is 14.9 Å². The Labute approximate surface area is 125 Å². The van der Waals surface area contributed by atoms with E-state index in [2.05, 4.69) is 28.1 Å². The molecule has 21 heavy (non-hydrogen) atoms. The number of likely N-dealkylation sites (tertiary alicyclic amines) is 1. The highest BCUT2D eigenvalue weighted by molar-refractivity contribution is 5.75. The Bertz CT molecular complexity index is 638. The van der Waals surface area contributed by atoms with Crippen LogP contribution in [0, 0.1) is 5.92 Å². The van der Waals surface area contributed by atoms with E-state index in [-0.39, 0.29) is 5.60 Å². The van der Waals surface area contributed by atoms with Gasteiger partial charge in [-0.1, -0.05) is 12.8 Å². The highest BCUT2D eigenvalue weighted by Gasteiger charge is 2.42. The number of fused-ring (bicyclic) bond motifs is 2. The molecule has 0 spiro atoms. The van der Waals surface area contributed by atoms with Crippen molar-refractivity contribution in [3.8, 4) is 0 Å². The molecule has 112 valence electrons. The molecule has 0 unspecified atom stereocenters. The molecule has 2 aromatic heterocycles. The predicted molar refractivity (Wildman–Crippen MR) is 82.9 cm³/mol. The quantitative estimate of drug-likeness (QED) is 0.892. The smallest absolute Gasteiger partial charge is 0.137 e. The molecule has 0 amide bonds. The molecule has 0 aromatic carbocycles. The molecule has 0 bridgehead atoms. The summed E-state index contributed by atoms with van der Waals surface area (Å²) in [5.41, 5.74) is 1.70. The zero-order chi connectivity index (χ0) is 14.3. The van der Waals surface area contributed by atoms with Crippen LogP contribution >= 0.6 is 0 Å². The highest BCUT2D eigenvalue weighted by atomic mass is 16.3. The molecule has 1 aliphatic heterocycles. The molecule has 4 nitrogen and oxygen atoms in total. The third-order valence-electron chi connectivity index (χ3n) is 5.36. The van der Waals surface area contributed by atoms with E-state index in [1.165, 1.54) is 24.6 Å². The maximum atomic E-state index is 10.7. The number of H-pyrrole nitrogens is 1. The molecule has 4 rings (SSSR count). The molecule has 1 saturated carbocycles. The number of rotatable bonds is 2. The van der Waals surface area contributed by atoms with Crippen LogP contribution in [0.1, 0.15) is 37.8 Å². The van der Waals surface area contributed by atoms with Gasteiger partial charge in [0.25, 0.3) is 0 Å². The number of nitrogens with zero attached hydrogens (tertiary/aromatic N) is 2. The van der Waals surface area contributed by atoms with Crippen molar-refractivity contribution in [2.75, 3.05) is 13.1 Å². The van der Waals surface area contributed by atoms with Crippen molar-refractivity contribution >= 4 is 11.0 Å². The summed E-state index contributed by atoms with van der Waals surface area (Å²) in [6.45, 7) is 2.89. The lowest BCUT2D eigenvalue weighted by Crippen LogP contribution is -2.53. The van der Waals surface area contributed by atoms with Gasteiger partial charge in [-0.05, 0) is 37.5 Å². The maximum Gasteiger partial charge on any atom is 0.137 e. The summed E-state index contributed by atoms with van der Waals surface area (Å²) < 4.78 is 0. The number of aromatic amines is 1. The summed E-state index contributed by atoms with van der Waals surface area (Å²) in [6, 6.07) is 6.31. The standard InChI is InChI=1S/C17H23N3O/c21-17-7-2-1-3-14(17)11-20(10-8-17)12-15-5-4-13-6-9-18-16(13)19-15/h4-6,9,14,21H,1-3,7-8,10-12H2,(H,18,19)/t14-,17-/m0/s1. The van der Waals surface area contributed by atoms with Crippen molar-refractivity contribution in [3.05, 3.63) is 30.1 Å². The van der Waals surface area contributed by atoms with E-state index in [4.69, 9.17) is 4.98 Å². The van der Waals surface area contributed by atoms with Crippen LogP contribution in [0.15, 0.2) is 24.4 Å². The Morgan fingerprint density at radius 3 is 3.19 bits per heavy atom. The van der Waals surface area contributed by atoms with Crippen LogP contribution < -0.4 is 0 Å². The fraction of sp³-hybridized carbons (Fsp3) is 0.588. The Hall–Kier alpha value is -1.39. The first-order valence-electron chi connectivity index (χ1n) is 8.11. The second-order valence-electron chi connectivity index (χ2n) is 6.75. The fourth-order valence-corrected chi connectivity index (χ4v) is 4.07. The molecular weight excluding hydrogens is 262 g/mol. The summed E-state index contributed by atoms with van der Waals surface area (Å²) in [5.74, 6) is 0.453. The van der Waals surface area contributed by atoms with Gasteiger partial charge in [-0.3, -0.25) is 4.90 Å². The summed E-state index contributed by atoms with van der Waals surface area (Å²) in [4.78, 5) is 10.3. The van der Waals surface area contributed by atoms with Crippen LogP contribution in [0.5, 0.6) is 0 Å². The number of nitrogens with one attached hydrogen (secondary N) is 1. The summed E-state index contributed by atoms with van der Waals surface area (Å²) >= 11 is 0. The first-order chi connectivity index (χ1) is 10.2. The van der Waals surface area contributed by atoms with E-state index in [1.807, 2.05) is 6.20 Å². The number of hydrogen-bond donors (Lipinski definition) is 2. The van der Waals surface area contributed by atoms with E-state index in [0.29, 0.717) is 5.92 Å². The minimum Gasteiger partial charge on any atom is -0.390 e. The van der Waals surface area contributed by atoms with E-state index >= 15 is 0 Å². The number of aromatic nitrogens is 2. The topological polar surface area (TPSA) is 52.1 Å². The highest BCUT2D eigenvalue weighted by Crippen LogP contribution is 2.39. The van der Waals surface area contributed by atoms with Gasteiger partial charge < -0.3 is 10.1 Å². The number of pyridine rings is 1. The van der Waals surface area contributed by atoms with Crippen LogP contribution in [-0.2, 0) is 6.54 Å². The molecule has 1 saturated heterocycles. The second-order valence-corrected chi connectivity index (χ2v) is 6.75. The molecule has 0 radical (unpaired) electrons. The number of piperidine rings is 1. The van der Waals surface area contributed by atoms with E-state index in [0.717, 1.165) is 43.8 Å². The maximum absolute atomic E-state index is 10.7. The lowest BCUT2D eigenvalue weighted by atomic mass is 9.71. The van der Waals surface area contributed by atoms with Crippen molar-refractivity contribution < 1.29 is 5.11 Å². The van der Waals surface area contributed by atoms with Crippen molar-refractivity contribution in [2.24, 2.45) is 5.92 Å². The molecule has 2 aliphatic rings. The third-order valence-corrected chi connectivity index (χ3v) is 5.36. The van der Waals surface area contributed by atoms with Crippen LogP contribution in [0.4, 0.5) is 0 Å². The van der Waals surface area contributed by atoms with Gasteiger partial charge in [0.15, 0.2) is 0 Å². The van der Waals surface area contributed by atoms with Gasteiger partial charge in [-0.15, -0.1) is 0 Å². The second kappa shape index (κ2) is 5.11. The van der Waals surface area contributed by atoms with Gasteiger partial charge in [-0.25, -0.2) is 4.98 Å². The minimum atomic E-state index is -0.383. The lowest BCUT2D eigenvalue weighted by Gasteiger charge is -2.47. The number of aliphatic hydroxyl groups is 1. The Morgan fingerprint density at radius 1 is 1.29 bits per heavy atom. The molecule has 2 fully saturated rings.